The minimum atomic E-state index is -1.08. The first-order chi connectivity index (χ1) is 9.98. The average Bonchev–Trinajstić information content (AvgIpc) is 2.46. The van der Waals surface area contributed by atoms with Crippen molar-refractivity contribution in [1.82, 2.24) is 5.32 Å². The zero-order valence-electron chi connectivity index (χ0n) is 12.2. The molecular formula is C15H22N2O3S. The molecule has 1 unspecified atom stereocenters. The summed E-state index contributed by atoms with van der Waals surface area (Å²) >= 11 is 0. The van der Waals surface area contributed by atoms with Crippen LogP contribution in [0, 0.1) is 0 Å². The Morgan fingerprint density at radius 3 is 2.71 bits per heavy atom. The van der Waals surface area contributed by atoms with Gasteiger partial charge in [0.15, 0.2) is 0 Å². The van der Waals surface area contributed by atoms with Crippen molar-refractivity contribution in [3.05, 3.63) is 24.3 Å². The lowest BCUT2D eigenvalue weighted by molar-refractivity contribution is 0.00755. The van der Waals surface area contributed by atoms with Gasteiger partial charge in [-0.25, -0.2) is 4.79 Å². The third-order valence-corrected chi connectivity index (χ3v) is 4.70. The number of carbonyl (C=O) groups excluding carboxylic acids is 1. The molecule has 6 heteroatoms. The van der Waals surface area contributed by atoms with E-state index in [1.807, 2.05) is 0 Å². The van der Waals surface area contributed by atoms with E-state index in [2.05, 4.69) is 10.6 Å². The van der Waals surface area contributed by atoms with Gasteiger partial charge in [-0.05, 0) is 31.0 Å². The lowest BCUT2D eigenvalue weighted by atomic mass is 9.85. The fourth-order valence-electron chi connectivity index (χ4n) is 2.56. The summed E-state index contributed by atoms with van der Waals surface area (Å²) in [6.45, 7) is 0.262. The highest BCUT2D eigenvalue weighted by Gasteiger charge is 2.29. The van der Waals surface area contributed by atoms with Gasteiger partial charge in [0.05, 0.1) is 5.60 Å². The van der Waals surface area contributed by atoms with Crippen LogP contribution in [0.3, 0.4) is 0 Å². The zero-order chi connectivity index (χ0) is 15.3. The highest BCUT2D eigenvalue weighted by atomic mass is 32.2. The van der Waals surface area contributed by atoms with Crippen LogP contribution in [0.25, 0.3) is 0 Å². The lowest BCUT2D eigenvalue weighted by Gasteiger charge is -2.32. The van der Waals surface area contributed by atoms with Gasteiger partial charge in [0, 0.05) is 34.2 Å². The molecule has 1 aromatic carbocycles. The van der Waals surface area contributed by atoms with Crippen molar-refractivity contribution in [2.45, 2.75) is 42.6 Å². The maximum absolute atomic E-state index is 11.9. The fraction of sp³-hybridized carbons (Fsp3) is 0.533. The first kappa shape index (κ1) is 16.0. The molecule has 5 nitrogen and oxygen atoms in total. The van der Waals surface area contributed by atoms with E-state index >= 15 is 0 Å². The number of anilines is 1. The molecule has 2 amide bonds. The van der Waals surface area contributed by atoms with E-state index < -0.39 is 16.4 Å². The first-order valence-corrected chi connectivity index (χ1v) is 8.75. The van der Waals surface area contributed by atoms with Gasteiger partial charge in [-0.3, -0.25) is 4.21 Å². The van der Waals surface area contributed by atoms with Crippen molar-refractivity contribution in [3.8, 4) is 0 Å². The van der Waals surface area contributed by atoms with E-state index in [0.29, 0.717) is 10.6 Å². The summed E-state index contributed by atoms with van der Waals surface area (Å²) in [7, 11) is -1.08. The Kier molecular flexibility index (Phi) is 5.36. The van der Waals surface area contributed by atoms with E-state index in [9.17, 15) is 14.1 Å². The second kappa shape index (κ2) is 7.04. The van der Waals surface area contributed by atoms with E-state index in [4.69, 9.17) is 0 Å². The second-order valence-corrected chi connectivity index (χ2v) is 6.95. The summed E-state index contributed by atoms with van der Waals surface area (Å²) in [6, 6.07) is 6.58. The Morgan fingerprint density at radius 2 is 2.05 bits per heavy atom. The molecule has 1 atom stereocenters. The van der Waals surface area contributed by atoms with Crippen LogP contribution >= 0.6 is 0 Å². The normalized spacial score (nSPS) is 18.8. The second-order valence-electron chi connectivity index (χ2n) is 5.57. The summed E-state index contributed by atoms with van der Waals surface area (Å²) in [5.41, 5.74) is -0.182. The third kappa shape index (κ3) is 4.82. The third-order valence-electron chi connectivity index (χ3n) is 3.79. The standard InChI is InChI=1S/C15H22N2O3S/c1-21(20)13-7-5-6-12(10-13)17-14(18)16-11-15(19)8-3-2-4-9-15/h5-7,10,19H,2-4,8-9,11H2,1H3,(H2,16,17,18). The number of nitrogens with one attached hydrogen (secondary N) is 2. The lowest BCUT2D eigenvalue weighted by Crippen LogP contribution is -2.45. The summed E-state index contributed by atoms with van der Waals surface area (Å²) < 4.78 is 11.4. The van der Waals surface area contributed by atoms with E-state index in [1.54, 1.807) is 30.5 Å². The predicted octanol–water partition coefficient (Wildman–Crippen LogP) is 2.24. The topological polar surface area (TPSA) is 78.4 Å². The molecule has 116 valence electrons. The molecule has 0 heterocycles. The minimum absolute atomic E-state index is 0.262. The van der Waals surface area contributed by atoms with E-state index in [0.717, 1.165) is 32.1 Å². The van der Waals surface area contributed by atoms with Crippen LogP contribution in [0.4, 0.5) is 10.5 Å². The molecule has 0 bridgehead atoms. The Bertz CT molecular complexity index is 527. The maximum atomic E-state index is 11.9. The maximum Gasteiger partial charge on any atom is 0.319 e. The number of rotatable bonds is 4. The summed E-state index contributed by atoms with van der Waals surface area (Å²) in [6.07, 6.45) is 6.22. The molecule has 2 rings (SSSR count). The molecule has 1 aliphatic carbocycles. The van der Waals surface area contributed by atoms with Gasteiger partial charge >= 0.3 is 6.03 Å². The number of benzene rings is 1. The largest absolute Gasteiger partial charge is 0.388 e. The molecule has 0 aromatic heterocycles. The smallest absolute Gasteiger partial charge is 0.319 e. The Balaban J connectivity index is 1.87. The van der Waals surface area contributed by atoms with Crippen LogP contribution in [0.5, 0.6) is 0 Å². The van der Waals surface area contributed by atoms with Crippen molar-refractivity contribution in [2.75, 3.05) is 18.1 Å². The SMILES string of the molecule is CS(=O)c1cccc(NC(=O)NCC2(O)CCCCC2)c1. The van der Waals surface area contributed by atoms with Gasteiger partial charge in [-0.1, -0.05) is 25.3 Å². The summed E-state index contributed by atoms with van der Waals surface area (Å²) in [4.78, 5) is 12.5. The molecule has 0 aliphatic heterocycles. The van der Waals surface area contributed by atoms with Gasteiger partial charge in [-0.15, -0.1) is 0 Å². The Hall–Kier alpha value is -1.40. The van der Waals surface area contributed by atoms with Gasteiger partial charge < -0.3 is 15.7 Å². The molecule has 21 heavy (non-hydrogen) atoms. The number of hydrogen-bond donors (Lipinski definition) is 3. The van der Waals surface area contributed by atoms with Crippen LogP contribution in [0.1, 0.15) is 32.1 Å². The quantitative estimate of drug-likeness (QED) is 0.798. The van der Waals surface area contributed by atoms with E-state index in [-0.39, 0.29) is 12.6 Å². The van der Waals surface area contributed by atoms with Crippen molar-refractivity contribution in [1.29, 1.82) is 0 Å². The van der Waals surface area contributed by atoms with Crippen molar-refractivity contribution >= 4 is 22.5 Å². The van der Waals surface area contributed by atoms with Gasteiger partial charge in [0.2, 0.25) is 0 Å². The van der Waals surface area contributed by atoms with Gasteiger partial charge in [0.1, 0.15) is 0 Å². The van der Waals surface area contributed by atoms with Crippen LogP contribution < -0.4 is 10.6 Å². The van der Waals surface area contributed by atoms with Crippen LogP contribution in [0.15, 0.2) is 29.2 Å². The molecule has 3 N–H and O–H groups in total. The van der Waals surface area contributed by atoms with Crippen LogP contribution in [0.2, 0.25) is 0 Å². The first-order valence-electron chi connectivity index (χ1n) is 7.19. The molecule has 1 saturated carbocycles. The van der Waals surface area contributed by atoms with Crippen molar-refractivity contribution < 1.29 is 14.1 Å². The predicted molar refractivity (Wildman–Crippen MR) is 83.8 cm³/mol. The van der Waals surface area contributed by atoms with E-state index in [1.165, 1.54) is 0 Å². The molecule has 0 spiro atoms. The number of hydrogen-bond acceptors (Lipinski definition) is 3. The van der Waals surface area contributed by atoms with Crippen molar-refractivity contribution in [3.63, 3.8) is 0 Å². The molecule has 1 aromatic rings. The van der Waals surface area contributed by atoms with Crippen molar-refractivity contribution in [2.24, 2.45) is 0 Å². The Morgan fingerprint density at radius 1 is 1.33 bits per heavy atom. The zero-order valence-corrected chi connectivity index (χ0v) is 13.0. The summed E-state index contributed by atoms with van der Waals surface area (Å²) in [5.74, 6) is 0. The molecule has 0 saturated heterocycles. The summed E-state index contributed by atoms with van der Waals surface area (Å²) in [5, 5.41) is 15.7. The fourth-order valence-corrected chi connectivity index (χ4v) is 3.12. The highest BCUT2D eigenvalue weighted by Crippen LogP contribution is 2.27. The average molecular weight is 310 g/mol. The number of urea groups is 1. The Labute approximate surface area is 127 Å². The monoisotopic (exact) mass is 310 g/mol. The van der Waals surface area contributed by atoms with Gasteiger partial charge in [0.25, 0.3) is 0 Å². The molecular weight excluding hydrogens is 288 g/mol. The molecule has 1 aliphatic rings. The minimum Gasteiger partial charge on any atom is -0.388 e. The molecule has 0 radical (unpaired) electrons. The molecule has 1 fully saturated rings. The number of amides is 2. The van der Waals surface area contributed by atoms with Crippen LogP contribution in [-0.4, -0.2) is 33.7 Å². The van der Waals surface area contributed by atoms with Crippen LogP contribution in [-0.2, 0) is 10.8 Å². The van der Waals surface area contributed by atoms with Gasteiger partial charge in [-0.2, -0.15) is 0 Å². The number of carbonyl (C=O) groups is 1. The highest BCUT2D eigenvalue weighted by molar-refractivity contribution is 7.84. The number of aliphatic hydroxyl groups is 1.